The first-order valence-corrected chi connectivity index (χ1v) is 6.90. The van der Waals surface area contributed by atoms with E-state index in [2.05, 4.69) is 12.2 Å². The predicted molar refractivity (Wildman–Crippen MR) is 73.7 cm³/mol. The number of hydrogen-bond acceptors (Lipinski definition) is 2. The summed E-state index contributed by atoms with van der Waals surface area (Å²) < 4.78 is 13.7. The maximum absolute atomic E-state index is 13.7. The number of hydrogen-bond donors (Lipinski definition) is 1. The second-order valence-electron chi connectivity index (χ2n) is 5.11. The molecule has 0 bridgehead atoms. The molecule has 1 aliphatic heterocycles. The molecule has 1 N–H and O–H groups in total. The number of halogens is 1. The van der Waals surface area contributed by atoms with Crippen LogP contribution in [0.3, 0.4) is 0 Å². The second-order valence-corrected chi connectivity index (χ2v) is 5.11. The third kappa shape index (κ3) is 3.32. The second kappa shape index (κ2) is 6.15. The first-order chi connectivity index (χ1) is 9.11. The molecule has 19 heavy (non-hydrogen) atoms. The third-order valence-corrected chi connectivity index (χ3v) is 3.63. The fraction of sp³-hybridized carbons (Fsp3) is 0.533. The van der Waals surface area contributed by atoms with Gasteiger partial charge in [0.2, 0.25) is 0 Å². The smallest absolute Gasteiger partial charge is 0.256 e. The molecule has 0 aliphatic carbocycles. The number of rotatable bonds is 3. The van der Waals surface area contributed by atoms with Crippen molar-refractivity contribution in [3.63, 3.8) is 0 Å². The topological polar surface area (TPSA) is 32.3 Å². The normalized spacial score (nSPS) is 16.7. The molecule has 0 spiro atoms. The molecule has 1 aromatic rings. The molecule has 1 aliphatic rings. The van der Waals surface area contributed by atoms with Crippen molar-refractivity contribution in [3.05, 3.63) is 35.1 Å². The van der Waals surface area contributed by atoms with E-state index in [1.165, 1.54) is 6.07 Å². The van der Waals surface area contributed by atoms with E-state index < -0.39 is 5.82 Å². The highest BCUT2D eigenvalue weighted by Crippen LogP contribution is 2.17. The number of carbonyl (C=O) groups excluding carboxylic acids is 1. The minimum Gasteiger partial charge on any atom is -0.338 e. The SMILES string of the molecule is CCNC1CCN(C(=O)c2cc(C)ccc2F)CC1. The number of piperidine rings is 1. The molecule has 0 radical (unpaired) electrons. The number of nitrogens with one attached hydrogen (secondary N) is 1. The lowest BCUT2D eigenvalue weighted by Crippen LogP contribution is -2.45. The van der Waals surface area contributed by atoms with Crippen LogP contribution in [0.1, 0.15) is 35.7 Å². The fourth-order valence-electron chi connectivity index (χ4n) is 2.55. The Morgan fingerprint density at radius 1 is 1.42 bits per heavy atom. The molecule has 1 fully saturated rings. The molecule has 0 unspecified atom stereocenters. The maximum atomic E-state index is 13.7. The van der Waals surface area contributed by atoms with Crippen molar-refractivity contribution in [2.45, 2.75) is 32.7 Å². The van der Waals surface area contributed by atoms with Crippen molar-refractivity contribution < 1.29 is 9.18 Å². The molecule has 0 aromatic heterocycles. The summed E-state index contributed by atoms with van der Waals surface area (Å²) in [7, 11) is 0. The van der Waals surface area contributed by atoms with Crippen molar-refractivity contribution in [1.82, 2.24) is 10.2 Å². The quantitative estimate of drug-likeness (QED) is 0.909. The van der Waals surface area contributed by atoms with Gasteiger partial charge in [-0.05, 0) is 38.4 Å². The summed E-state index contributed by atoms with van der Waals surface area (Å²) in [5.41, 5.74) is 1.11. The minimum absolute atomic E-state index is 0.184. The van der Waals surface area contributed by atoms with E-state index in [0.717, 1.165) is 24.9 Å². The van der Waals surface area contributed by atoms with Gasteiger partial charge in [-0.25, -0.2) is 4.39 Å². The zero-order valence-corrected chi connectivity index (χ0v) is 11.6. The lowest BCUT2D eigenvalue weighted by Gasteiger charge is -2.32. The number of benzene rings is 1. The predicted octanol–water partition coefficient (Wildman–Crippen LogP) is 2.35. The molecule has 2 rings (SSSR count). The molecule has 3 nitrogen and oxygen atoms in total. The fourth-order valence-corrected chi connectivity index (χ4v) is 2.55. The zero-order valence-electron chi connectivity index (χ0n) is 11.6. The van der Waals surface area contributed by atoms with Crippen LogP contribution in [0.4, 0.5) is 4.39 Å². The lowest BCUT2D eigenvalue weighted by atomic mass is 10.0. The number of aryl methyl sites for hydroxylation is 1. The highest BCUT2D eigenvalue weighted by molar-refractivity contribution is 5.94. The Labute approximate surface area is 113 Å². The Balaban J connectivity index is 2.03. The van der Waals surface area contributed by atoms with Gasteiger partial charge in [0, 0.05) is 19.1 Å². The van der Waals surface area contributed by atoms with E-state index >= 15 is 0 Å². The first kappa shape index (κ1) is 14.0. The van der Waals surface area contributed by atoms with Gasteiger partial charge in [-0.3, -0.25) is 4.79 Å². The first-order valence-electron chi connectivity index (χ1n) is 6.90. The molecule has 104 valence electrons. The van der Waals surface area contributed by atoms with Gasteiger partial charge in [0.25, 0.3) is 5.91 Å². The lowest BCUT2D eigenvalue weighted by molar-refractivity contribution is 0.0701. The highest BCUT2D eigenvalue weighted by Gasteiger charge is 2.24. The van der Waals surface area contributed by atoms with Crippen LogP contribution in [0.5, 0.6) is 0 Å². The van der Waals surface area contributed by atoms with Crippen LogP contribution in [-0.4, -0.2) is 36.5 Å². The highest BCUT2D eigenvalue weighted by atomic mass is 19.1. The van der Waals surface area contributed by atoms with E-state index in [1.807, 2.05) is 6.92 Å². The van der Waals surface area contributed by atoms with Crippen molar-refractivity contribution in [3.8, 4) is 0 Å². The minimum atomic E-state index is -0.426. The van der Waals surface area contributed by atoms with Crippen molar-refractivity contribution >= 4 is 5.91 Å². The number of carbonyl (C=O) groups is 1. The maximum Gasteiger partial charge on any atom is 0.256 e. The van der Waals surface area contributed by atoms with Crippen LogP contribution in [0.2, 0.25) is 0 Å². The van der Waals surface area contributed by atoms with Gasteiger partial charge in [-0.1, -0.05) is 18.6 Å². The van der Waals surface area contributed by atoms with Gasteiger partial charge in [0.05, 0.1) is 5.56 Å². The summed E-state index contributed by atoms with van der Waals surface area (Å²) in [6.07, 6.45) is 1.88. The van der Waals surface area contributed by atoms with Gasteiger partial charge in [0.1, 0.15) is 5.82 Å². The van der Waals surface area contributed by atoms with E-state index in [1.54, 1.807) is 17.0 Å². The summed E-state index contributed by atoms with van der Waals surface area (Å²) in [4.78, 5) is 14.1. The molecule has 1 aromatic carbocycles. The summed E-state index contributed by atoms with van der Waals surface area (Å²) in [5, 5.41) is 3.39. The Bertz CT molecular complexity index is 453. The van der Waals surface area contributed by atoms with E-state index in [4.69, 9.17) is 0 Å². The molecule has 1 heterocycles. The number of amides is 1. The van der Waals surface area contributed by atoms with Crippen molar-refractivity contribution in [2.24, 2.45) is 0 Å². The van der Waals surface area contributed by atoms with E-state index in [9.17, 15) is 9.18 Å². The molecule has 0 atom stereocenters. The Morgan fingerprint density at radius 3 is 2.74 bits per heavy atom. The third-order valence-electron chi connectivity index (χ3n) is 3.63. The number of nitrogens with zero attached hydrogens (tertiary/aromatic N) is 1. The summed E-state index contributed by atoms with van der Waals surface area (Å²) in [5.74, 6) is -0.611. The average molecular weight is 264 g/mol. The standard InChI is InChI=1S/C15H21FN2O/c1-3-17-12-6-8-18(9-7-12)15(19)13-10-11(2)4-5-14(13)16/h4-5,10,12,17H,3,6-9H2,1-2H3. The van der Waals surface area contributed by atoms with Gasteiger partial charge in [-0.2, -0.15) is 0 Å². The largest absolute Gasteiger partial charge is 0.338 e. The molecular formula is C15H21FN2O. The van der Waals surface area contributed by atoms with Crippen LogP contribution in [0.15, 0.2) is 18.2 Å². The van der Waals surface area contributed by atoms with Gasteiger partial charge in [-0.15, -0.1) is 0 Å². The van der Waals surface area contributed by atoms with Crippen molar-refractivity contribution in [1.29, 1.82) is 0 Å². The van der Waals surface area contributed by atoms with E-state index in [0.29, 0.717) is 19.1 Å². The van der Waals surface area contributed by atoms with Crippen molar-refractivity contribution in [2.75, 3.05) is 19.6 Å². The van der Waals surface area contributed by atoms with Crippen LogP contribution in [0, 0.1) is 12.7 Å². The zero-order chi connectivity index (χ0) is 13.8. The Hall–Kier alpha value is -1.42. The summed E-state index contributed by atoms with van der Waals surface area (Å²) >= 11 is 0. The molecule has 0 saturated carbocycles. The molecule has 4 heteroatoms. The Kier molecular flexibility index (Phi) is 4.53. The van der Waals surface area contributed by atoms with Crippen LogP contribution in [-0.2, 0) is 0 Å². The van der Waals surface area contributed by atoms with Gasteiger partial charge >= 0.3 is 0 Å². The summed E-state index contributed by atoms with van der Waals surface area (Å²) in [6, 6.07) is 5.17. The van der Waals surface area contributed by atoms with E-state index in [-0.39, 0.29) is 11.5 Å². The average Bonchev–Trinajstić information content (AvgIpc) is 2.42. The Morgan fingerprint density at radius 2 is 2.11 bits per heavy atom. The van der Waals surface area contributed by atoms with Gasteiger partial charge < -0.3 is 10.2 Å². The molecular weight excluding hydrogens is 243 g/mol. The molecule has 1 amide bonds. The van der Waals surface area contributed by atoms with Crippen LogP contribution < -0.4 is 5.32 Å². The summed E-state index contributed by atoms with van der Waals surface area (Å²) in [6.45, 7) is 6.30. The van der Waals surface area contributed by atoms with Crippen LogP contribution >= 0.6 is 0 Å². The monoisotopic (exact) mass is 264 g/mol. The molecule has 1 saturated heterocycles. The van der Waals surface area contributed by atoms with Crippen LogP contribution in [0.25, 0.3) is 0 Å². The number of likely N-dealkylation sites (tertiary alicyclic amines) is 1. The van der Waals surface area contributed by atoms with Gasteiger partial charge in [0.15, 0.2) is 0 Å².